The van der Waals surface area contributed by atoms with Crippen molar-refractivity contribution in [2.75, 3.05) is 13.3 Å². The molecule has 0 radical (unpaired) electrons. The summed E-state index contributed by atoms with van der Waals surface area (Å²) in [6, 6.07) is 0. The molecule has 0 heterocycles. The molecule has 0 fully saturated rings. The van der Waals surface area contributed by atoms with Crippen LogP contribution in [0.25, 0.3) is 0 Å². The standard InChI is InChI=1S/C11H9F11O2/c1-2-6(23)24-4-3-7(13,14)9(17,18)11(21,22)10(19,20)8(15,16)5-12/h2H,1,3-5H2. The first-order chi connectivity index (χ1) is 10.5. The first-order valence-electron chi connectivity index (χ1n) is 5.76. The Balaban J connectivity index is 5.58. The zero-order valence-electron chi connectivity index (χ0n) is 11.4. The first kappa shape index (κ1) is 22.4. The number of halogens is 11. The smallest absolute Gasteiger partial charge is 0.384 e. The molecule has 0 aliphatic rings. The summed E-state index contributed by atoms with van der Waals surface area (Å²) in [5.74, 6) is -35.2. The molecule has 0 aliphatic heterocycles. The van der Waals surface area contributed by atoms with Crippen molar-refractivity contribution in [3.05, 3.63) is 12.7 Å². The molecule has 0 bridgehead atoms. The van der Waals surface area contributed by atoms with Crippen molar-refractivity contribution in [3.63, 3.8) is 0 Å². The first-order valence-corrected chi connectivity index (χ1v) is 5.76. The summed E-state index contributed by atoms with van der Waals surface area (Å²) in [6.45, 7) is -2.34. The maximum Gasteiger partial charge on any atom is 0.384 e. The highest BCUT2D eigenvalue weighted by molar-refractivity contribution is 5.81. The summed E-state index contributed by atoms with van der Waals surface area (Å²) in [6.07, 6.45) is -2.01. The van der Waals surface area contributed by atoms with E-state index in [1.165, 1.54) is 0 Å². The molecule has 0 aromatic rings. The maximum atomic E-state index is 13.2. The van der Waals surface area contributed by atoms with Crippen LogP contribution in [0.15, 0.2) is 12.7 Å². The molecule has 24 heavy (non-hydrogen) atoms. The summed E-state index contributed by atoms with van der Waals surface area (Å²) in [7, 11) is 0. The predicted molar refractivity (Wildman–Crippen MR) is 56.5 cm³/mol. The Kier molecular flexibility index (Phi) is 6.31. The van der Waals surface area contributed by atoms with E-state index in [4.69, 9.17) is 0 Å². The predicted octanol–water partition coefficient (Wildman–Crippen LogP) is 4.25. The molecular formula is C11H9F11O2. The zero-order valence-corrected chi connectivity index (χ0v) is 11.4. The van der Waals surface area contributed by atoms with Crippen LogP contribution in [0.2, 0.25) is 0 Å². The van der Waals surface area contributed by atoms with E-state index in [0.717, 1.165) is 0 Å². The van der Waals surface area contributed by atoms with Crippen molar-refractivity contribution < 1.29 is 57.8 Å². The van der Waals surface area contributed by atoms with Crippen LogP contribution < -0.4 is 0 Å². The Morgan fingerprint density at radius 1 is 0.833 bits per heavy atom. The van der Waals surface area contributed by atoms with Gasteiger partial charge in [-0.3, -0.25) is 0 Å². The van der Waals surface area contributed by atoms with E-state index in [2.05, 4.69) is 11.3 Å². The highest BCUT2D eigenvalue weighted by atomic mass is 19.4. The van der Waals surface area contributed by atoms with Crippen LogP contribution >= 0.6 is 0 Å². The second kappa shape index (κ2) is 6.75. The lowest BCUT2D eigenvalue weighted by Gasteiger charge is -2.38. The van der Waals surface area contributed by atoms with E-state index in [1.807, 2.05) is 0 Å². The van der Waals surface area contributed by atoms with Crippen molar-refractivity contribution in [2.24, 2.45) is 0 Å². The fraction of sp³-hybridized carbons (Fsp3) is 0.727. The molecule has 13 heteroatoms. The Morgan fingerprint density at radius 2 is 1.25 bits per heavy atom. The average molecular weight is 382 g/mol. The molecule has 0 saturated carbocycles. The van der Waals surface area contributed by atoms with Crippen molar-refractivity contribution >= 4 is 5.97 Å². The second-order valence-electron chi connectivity index (χ2n) is 4.39. The fourth-order valence-electron chi connectivity index (χ4n) is 1.24. The van der Waals surface area contributed by atoms with Gasteiger partial charge in [0.05, 0.1) is 13.0 Å². The Morgan fingerprint density at radius 3 is 1.62 bits per heavy atom. The molecule has 0 aromatic carbocycles. The molecule has 0 spiro atoms. The van der Waals surface area contributed by atoms with Crippen LogP contribution in [0.5, 0.6) is 0 Å². The van der Waals surface area contributed by atoms with Crippen molar-refractivity contribution in [1.82, 2.24) is 0 Å². The Labute approximate surface area is 127 Å². The third-order valence-electron chi connectivity index (χ3n) is 2.70. The lowest BCUT2D eigenvalue weighted by molar-refractivity contribution is -0.403. The number of rotatable bonds is 9. The van der Waals surface area contributed by atoms with Gasteiger partial charge in [0.15, 0.2) is 6.67 Å². The normalized spacial score (nSPS) is 14.5. The van der Waals surface area contributed by atoms with Crippen molar-refractivity contribution in [1.29, 1.82) is 0 Å². The van der Waals surface area contributed by atoms with Gasteiger partial charge in [0, 0.05) is 6.08 Å². The Hall–Kier alpha value is -1.56. The van der Waals surface area contributed by atoms with Gasteiger partial charge >= 0.3 is 35.6 Å². The van der Waals surface area contributed by atoms with E-state index in [-0.39, 0.29) is 0 Å². The van der Waals surface area contributed by atoms with Crippen LogP contribution in [0, 0.1) is 0 Å². The fourth-order valence-corrected chi connectivity index (χ4v) is 1.24. The number of esters is 1. The summed E-state index contributed by atoms with van der Waals surface area (Å²) in [5.41, 5.74) is 0. The number of ether oxygens (including phenoxy) is 1. The largest absolute Gasteiger partial charge is 0.462 e. The second-order valence-corrected chi connectivity index (χ2v) is 4.39. The lowest BCUT2D eigenvalue weighted by Crippen LogP contribution is -2.67. The van der Waals surface area contributed by atoms with Crippen LogP contribution in [0.4, 0.5) is 48.3 Å². The van der Waals surface area contributed by atoms with Gasteiger partial charge in [0.1, 0.15) is 0 Å². The van der Waals surface area contributed by atoms with E-state index >= 15 is 0 Å². The van der Waals surface area contributed by atoms with Gasteiger partial charge < -0.3 is 4.74 Å². The molecule has 0 amide bonds. The van der Waals surface area contributed by atoms with Crippen molar-refractivity contribution in [2.45, 2.75) is 36.0 Å². The molecule has 142 valence electrons. The topological polar surface area (TPSA) is 26.3 Å². The van der Waals surface area contributed by atoms with Gasteiger partial charge in [-0.2, -0.15) is 43.9 Å². The molecular weight excluding hydrogens is 373 g/mol. The number of carbonyl (C=O) groups is 1. The number of hydrogen-bond acceptors (Lipinski definition) is 2. The quantitative estimate of drug-likeness (QED) is 0.339. The molecule has 2 nitrogen and oxygen atoms in total. The van der Waals surface area contributed by atoms with Gasteiger partial charge in [0.25, 0.3) is 0 Å². The van der Waals surface area contributed by atoms with Crippen LogP contribution in [-0.4, -0.2) is 48.9 Å². The van der Waals surface area contributed by atoms with Gasteiger partial charge in [-0.15, -0.1) is 0 Å². The molecule has 0 unspecified atom stereocenters. The molecule has 0 atom stereocenters. The SMILES string of the molecule is C=CC(=O)OCCC(F)(F)C(F)(F)C(F)(F)C(F)(F)C(F)(F)CF. The molecule has 0 aromatic heterocycles. The minimum absolute atomic E-state index is 0.390. The summed E-state index contributed by atoms with van der Waals surface area (Å²) >= 11 is 0. The molecule has 0 aliphatic carbocycles. The Bertz CT molecular complexity index is 473. The molecule has 0 rings (SSSR count). The van der Waals surface area contributed by atoms with E-state index in [1.54, 1.807) is 0 Å². The van der Waals surface area contributed by atoms with E-state index < -0.39 is 55.3 Å². The van der Waals surface area contributed by atoms with E-state index in [9.17, 15) is 53.1 Å². The van der Waals surface area contributed by atoms with Crippen LogP contribution in [0.1, 0.15) is 6.42 Å². The zero-order chi connectivity index (χ0) is 19.6. The van der Waals surface area contributed by atoms with Crippen molar-refractivity contribution in [3.8, 4) is 0 Å². The van der Waals surface area contributed by atoms with Gasteiger partial charge in [-0.05, 0) is 0 Å². The van der Waals surface area contributed by atoms with Crippen LogP contribution in [-0.2, 0) is 9.53 Å². The number of alkyl halides is 11. The van der Waals surface area contributed by atoms with Crippen LogP contribution in [0.3, 0.4) is 0 Å². The van der Waals surface area contributed by atoms with Gasteiger partial charge in [-0.1, -0.05) is 6.58 Å². The summed E-state index contributed by atoms with van der Waals surface area (Å²) < 4.78 is 145. The van der Waals surface area contributed by atoms with Gasteiger partial charge in [-0.25, -0.2) is 9.18 Å². The lowest BCUT2D eigenvalue weighted by atomic mass is 9.93. The number of carbonyl (C=O) groups excluding carboxylic acids is 1. The number of hydrogen-bond donors (Lipinski definition) is 0. The van der Waals surface area contributed by atoms with Gasteiger partial charge in [0.2, 0.25) is 0 Å². The summed E-state index contributed by atoms with van der Waals surface area (Å²) in [5, 5.41) is 0. The maximum absolute atomic E-state index is 13.2. The third kappa shape index (κ3) is 3.58. The minimum atomic E-state index is -7.32. The monoisotopic (exact) mass is 382 g/mol. The third-order valence-corrected chi connectivity index (χ3v) is 2.70. The molecule has 0 saturated heterocycles. The molecule has 0 N–H and O–H groups in total. The summed E-state index contributed by atoms with van der Waals surface area (Å²) in [4.78, 5) is 10.5. The van der Waals surface area contributed by atoms with E-state index in [0.29, 0.717) is 6.08 Å². The highest BCUT2D eigenvalue weighted by Crippen LogP contribution is 2.57. The highest BCUT2D eigenvalue weighted by Gasteiger charge is 2.85. The minimum Gasteiger partial charge on any atom is -0.462 e. The average Bonchev–Trinajstić information content (AvgIpc) is 2.45.